The molecule has 0 fully saturated rings. The molecule has 1 heterocycles. The fourth-order valence-corrected chi connectivity index (χ4v) is 2.15. The SMILES string of the molecule is CCN(C(=O)c1nc(SC)ncc1Cl)C(C)(C)C(=O)O. The van der Waals surface area contributed by atoms with Crippen molar-refractivity contribution in [3.63, 3.8) is 0 Å². The van der Waals surface area contributed by atoms with Gasteiger partial charge in [-0.1, -0.05) is 23.4 Å². The molecule has 0 atom stereocenters. The third kappa shape index (κ3) is 3.21. The number of thioether (sulfide) groups is 1. The number of carbonyl (C=O) groups excluding carboxylic acids is 1. The largest absolute Gasteiger partial charge is 0.480 e. The molecule has 6 nitrogen and oxygen atoms in total. The molecular weight excluding hydrogens is 302 g/mol. The van der Waals surface area contributed by atoms with E-state index >= 15 is 0 Å². The number of hydrogen-bond acceptors (Lipinski definition) is 5. The van der Waals surface area contributed by atoms with Crippen LogP contribution >= 0.6 is 23.4 Å². The van der Waals surface area contributed by atoms with Crippen molar-refractivity contribution in [2.75, 3.05) is 12.8 Å². The highest BCUT2D eigenvalue weighted by molar-refractivity contribution is 7.98. The predicted octanol–water partition coefficient (Wildman–Crippen LogP) is 2.18. The molecule has 0 aliphatic rings. The lowest BCUT2D eigenvalue weighted by Gasteiger charge is -2.34. The number of carboxylic acid groups (broad SMARTS) is 1. The van der Waals surface area contributed by atoms with Crippen LogP contribution in [0.5, 0.6) is 0 Å². The van der Waals surface area contributed by atoms with Gasteiger partial charge in [0.2, 0.25) is 0 Å². The molecule has 0 bridgehead atoms. The highest BCUT2D eigenvalue weighted by atomic mass is 35.5. The quantitative estimate of drug-likeness (QED) is 0.662. The summed E-state index contributed by atoms with van der Waals surface area (Å²) in [5.74, 6) is -1.62. The van der Waals surface area contributed by atoms with Gasteiger partial charge in [-0.05, 0) is 27.0 Å². The van der Waals surface area contributed by atoms with E-state index in [1.165, 1.54) is 36.7 Å². The van der Waals surface area contributed by atoms with Crippen molar-refractivity contribution in [3.05, 3.63) is 16.9 Å². The number of halogens is 1. The van der Waals surface area contributed by atoms with E-state index in [9.17, 15) is 14.7 Å². The molecule has 0 aliphatic carbocycles. The Morgan fingerprint density at radius 2 is 2.10 bits per heavy atom. The van der Waals surface area contributed by atoms with Crippen LogP contribution in [0, 0.1) is 0 Å². The standard InChI is InChI=1S/C12H16ClN3O3S/c1-5-16(12(2,3)10(18)19)9(17)8-7(13)6-14-11(15-8)20-4/h6H,5H2,1-4H3,(H,18,19). The Labute approximate surface area is 126 Å². The van der Waals surface area contributed by atoms with E-state index in [-0.39, 0.29) is 17.3 Å². The minimum atomic E-state index is -1.35. The Balaban J connectivity index is 3.25. The van der Waals surface area contributed by atoms with Gasteiger partial charge in [-0.15, -0.1) is 0 Å². The first-order chi connectivity index (χ1) is 9.25. The van der Waals surface area contributed by atoms with Crippen molar-refractivity contribution in [2.45, 2.75) is 31.5 Å². The van der Waals surface area contributed by atoms with Gasteiger partial charge in [0.25, 0.3) is 5.91 Å². The second-order valence-corrected chi connectivity index (χ2v) is 5.65. The van der Waals surface area contributed by atoms with Gasteiger partial charge in [0, 0.05) is 6.54 Å². The van der Waals surface area contributed by atoms with Crippen LogP contribution in [0.25, 0.3) is 0 Å². The lowest BCUT2D eigenvalue weighted by Crippen LogP contribution is -2.53. The number of carbonyl (C=O) groups is 2. The fraction of sp³-hybridized carbons (Fsp3) is 0.500. The summed E-state index contributed by atoms with van der Waals surface area (Å²) in [6.45, 7) is 4.85. The van der Waals surface area contributed by atoms with E-state index in [1.54, 1.807) is 13.2 Å². The minimum Gasteiger partial charge on any atom is -0.480 e. The van der Waals surface area contributed by atoms with E-state index in [0.717, 1.165) is 0 Å². The van der Waals surface area contributed by atoms with Crippen LogP contribution in [0.4, 0.5) is 0 Å². The summed E-state index contributed by atoms with van der Waals surface area (Å²) >= 11 is 7.22. The topological polar surface area (TPSA) is 83.4 Å². The number of rotatable bonds is 5. The number of likely N-dealkylation sites (N-methyl/N-ethyl adjacent to an activating group) is 1. The number of amides is 1. The maximum absolute atomic E-state index is 12.5. The van der Waals surface area contributed by atoms with Gasteiger partial charge >= 0.3 is 5.97 Å². The summed E-state index contributed by atoms with van der Waals surface area (Å²) in [6.07, 6.45) is 3.12. The van der Waals surface area contributed by atoms with Crippen molar-refractivity contribution >= 4 is 35.2 Å². The molecule has 1 amide bonds. The second kappa shape index (κ2) is 6.41. The third-order valence-corrected chi connectivity index (χ3v) is 3.71. The monoisotopic (exact) mass is 317 g/mol. The van der Waals surface area contributed by atoms with Crippen LogP contribution in [0.2, 0.25) is 5.02 Å². The average molecular weight is 318 g/mol. The summed E-state index contributed by atoms with van der Waals surface area (Å²) in [5, 5.41) is 9.75. The summed E-state index contributed by atoms with van der Waals surface area (Å²) in [6, 6.07) is 0. The highest BCUT2D eigenvalue weighted by Crippen LogP contribution is 2.22. The van der Waals surface area contributed by atoms with Crippen LogP contribution in [-0.2, 0) is 4.79 Å². The number of aromatic nitrogens is 2. The van der Waals surface area contributed by atoms with Gasteiger partial charge in [-0.2, -0.15) is 0 Å². The Bertz CT molecular complexity index is 537. The van der Waals surface area contributed by atoms with E-state index in [1.807, 2.05) is 0 Å². The molecule has 0 radical (unpaired) electrons. The molecular formula is C12H16ClN3O3S. The number of hydrogen-bond donors (Lipinski definition) is 1. The van der Waals surface area contributed by atoms with Crippen molar-refractivity contribution < 1.29 is 14.7 Å². The lowest BCUT2D eigenvalue weighted by atomic mass is 10.0. The van der Waals surface area contributed by atoms with Gasteiger partial charge in [-0.3, -0.25) is 4.79 Å². The van der Waals surface area contributed by atoms with Gasteiger partial charge in [0.1, 0.15) is 5.54 Å². The Kier molecular flexibility index (Phi) is 5.35. The van der Waals surface area contributed by atoms with E-state index < -0.39 is 17.4 Å². The Morgan fingerprint density at radius 1 is 1.50 bits per heavy atom. The summed E-state index contributed by atoms with van der Waals surface area (Å²) in [5.41, 5.74) is -1.33. The number of carboxylic acids is 1. The molecule has 1 aromatic heterocycles. The van der Waals surface area contributed by atoms with Crippen LogP contribution in [0.3, 0.4) is 0 Å². The third-order valence-electron chi connectivity index (χ3n) is 2.87. The zero-order valence-electron chi connectivity index (χ0n) is 11.7. The molecule has 1 aromatic rings. The molecule has 110 valence electrons. The first-order valence-electron chi connectivity index (χ1n) is 5.87. The maximum atomic E-state index is 12.5. The van der Waals surface area contributed by atoms with E-state index in [0.29, 0.717) is 5.16 Å². The molecule has 0 aliphatic heterocycles. The molecule has 0 aromatic carbocycles. The maximum Gasteiger partial charge on any atom is 0.329 e. The highest BCUT2D eigenvalue weighted by Gasteiger charge is 2.38. The molecule has 8 heteroatoms. The number of nitrogens with zero attached hydrogens (tertiary/aromatic N) is 3. The second-order valence-electron chi connectivity index (χ2n) is 4.47. The first kappa shape index (κ1) is 16.7. The summed E-state index contributed by atoms with van der Waals surface area (Å²) < 4.78 is 0. The van der Waals surface area contributed by atoms with Crippen LogP contribution < -0.4 is 0 Å². The molecule has 0 unspecified atom stereocenters. The lowest BCUT2D eigenvalue weighted by molar-refractivity contribution is -0.147. The zero-order valence-corrected chi connectivity index (χ0v) is 13.2. The van der Waals surface area contributed by atoms with E-state index in [2.05, 4.69) is 9.97 Å². The molecule has 20 heavy (non-hydrogen) atoms. The molecule has 1 N–H and O–H groups in total. The van der Waals surface area contributed by atoms with Crippen molar-refractivity contribution in [3.8, 4) is 0 Å². The fourth-order valence-electron chi connectivity index (χ4n) is 1.64. The smallest absolute Gasteiger partial charge is 0.329 e. The minimum absolute atomic E-state index is 0.0159. The normalized spacial score (nSPS) is 11.2. The molecule has 0 saturated carbocycles. The predicted molar refractivity (Wildman–Crippen MR) is 77.2 cm³/mol. The van der Waals surface area contributed by atoms with Crippen molar-refractivity contribution in [1.82, 2.24) is 14.9 Å². The van der Waals surface area contributed by atoms with Gasteiger partial charge < -0.3 is 10.0 Å². The average Bonchev–Trinajstić information content (AvgIpc) is 2.39. The van der Waals surface area contributed by atoms with E-state index in [4.69, 9.17) is 11.6 Å². The Morgan fingerprint density at radius 3 is 2.55 bits per heavy atom. The van der Waals surface area contributed by atoms with Crippen LogP contribution in [0.1, 0.15) is 31.3 Å². The number of aliphatic carboxylic acids is 1. The zero-order chi connectivity index (χ0) is 15.5. The van der Waals surface area contributed by atoms with Gasteiger partial charge in [0.15, 0.2) is 10.9 Å². The van der Waals surface area contributed by atoms with Crippen molar-refractivity contribution in [2.24, 2.45) is 0 Å². The van der Waals surface area contributed by atoms with Crippen LogP contribution in [0.15, 0.2) is 11.4 Å². The van der Waals surface area contributed by atoms with Crippen molar-refractivity contribution in [1.29, 1.82) is 0 Å². The first-order valence-corrected chi connectivity index (χ1v) is 7.47. The van der Waals surface area contributed by atoms with Crippen LogP contribution in [-0.4, -0.2) is 50.2 Å². The molecule has 0 spiro atoms. The molecule has 0 saturated heterocycles. The summed E-state index contributed by atoms with van der Waals surface area (Å²) in [4.78, 5) is 33.0. The van der Waals surface area contributed by atoms with Gasteiger partial charge in [-0.25, -0.2) is 14.8 Å². The molecule has 1 rings (SSSR count). The van der Waals surface area contributed by atoms with Gasteiger partial charge in [0.05, 0.1) is 11.2 Å². The Hall–Kier alpha value is -1.34. The summed E-state index contributed by atoms with van der Waals surface area (Å²) in [7, 11) is 0.